The standard InChI is InChI=1S/C23H24N2O6/c1-3-29-22(27)20-15(2)24-23(28)25-19(20)14-31-21(26)17-11-9-16(10-12-17)13-30-18-7-5-4-6-8-18/h4-12,15H,3,13-14H2,1-2H3,(H2,24,25,28). The summed E-state index contributed by atoms with van der Waals surface area (Å²) in [6.45, 7) is 3.64. The average Bonchev–Trinajstić information content (AvgIpc) is 2.77. The summed E-state index contributed by atoms with van der Waals surface area (Å²) in [5.74, 6) is -0.391. The first-order valence-corrected chi connectivity index (χ1v) is 9.89. The zero-order valence-electron chi connectivity index (χ0n) is 17.3. The molecule has 162 valence electrons. The fourth-order valence-electron chi connectivity index (χ4n) is 3.03. The molecule has 2 aromatic carbocycles. The number of hydrogen-bond acceptors (Lipinski definition) is 6. The Morgan fingerprint density at radius 2 is 1.65 bits per heavy atom. The number of para-hydroxylation sites is 1. The highest BCUT2D eigenvalue weighted by Gasteiger charge is 2.30. The largest absolute Gasteiger partial charge is 0.489 e. The van der Waals surface area contributed by atoms with Crippen molar-refractivity contribution in [1.29, 1.82) is 0 Å². The molecule has 0 aromatic heterocycles. The maximum Gasteiger partial charge on any atom is 0.338 e. The van der Waals surface area contributed by atoms with Gasteiger partial charge in [0.25, 0.3) is 0 Å². The van der Waals surface area contributed by atoms with Crippen LogP contribution in [0.2, 0.25) is 0 Å². The molecule has 8 nitrogen and oxygen atoms in total. The van der Waals surface area contributed by atoms with Crippen LogP contribution in [0, 0.1) is 0 Å². The second-order valence-electron chi connectivity index (χ2n) is 6.81. The molecule has 1 unspecified atom stereocenters. The first-order chi connectivity index (χ1) is 15.0. The minimum absolute atomic E-state index is 0.191. The van der Waals surface area contributed by atoms with Gasteiger partial charge in [-0.25, -0.2) is 14.4 Å². The highest BCUT2D eigenvalue weighted by molar-refractivity contribution is 5.95. The van der Waals surface area contributed by atoms with Crippen LogP contribution in [-0.2, 0) is 20.9 Å². The number of urea groups is 1. The Bertz CT molecular complexity index is 969. The highest BCUT2D eigenvalue weighted by atomic mass is 16.5. The molecule has 2 N–H and O–H groups in total. The SMILES string of the molecule is CCOC(=O)C1=C(COC(=O)c2ccc(COc3ccccc3)cc2)NC(=O)NC1C. The van der Waals surface area contributed by atoms with Gasteiger partial charge in [0.15, 0.2) is 0 Å². The van der Waals surface area contributed by atoms with Gasteiger partial charge in [0, 0.05) is 0 Å². The van der Waals surface area contributed by atoms with E-state index in [9.17, 15) is 14.4 Å². The molecule has 1 heterocycles. The van der Waals surface area contributed by atoms with Gasteiger partial charge in [0.2, 0.25) is 0 Å². The average molecular weight is 424 g/mol. The third kappa shape index (κ3) is 5.85. The number of hydrogen-bond donors (Lipinski definition) is 2. The third-order valence-corrected chi connectivity index (χ3v) is 4.55. The van der Waals surface area contributed by atoms with Gasteiger partial charge in [-0.05, 0) is 43.7 Å². The highest BCUT2D eigenvalue weighted by Crippen LogP contribution is 2.16. The monoisotopic (exact) mass is 424 g/mol. The van der Waals surface area contributed by atoms with Crippen molar-refractivity contribution in [3.63, 3.8) is 0 Å². The smallest absolute Gasteiger partial charge is 0.338 e. The Hall–Kier alpha value is -3.81. The summed E-state index contributed by atoms with van der Waals surface area (Å²) in [5, 5.41) is 5.11. The lowest BCUT2D eigenvalue weighted by atomic mass is 10.0. The maximum atomic E-state index is 12.4. The molecule has 8 heteroatoms. The molecule has 0 fully saturated rings. The van der Waals surface area contributed by atoms with Crippen LogP contribution < -0.4 is 15.4 Å². The van der Waals surface area contributed by atoms with Gasteiger partial charge >= 0.3 is 18.0 Å². The predicted molar refractivity (Wildman–Crippen MR) is 112 cm³/mol. The molecule has 0 radical (unpaired) electrons. The fraction of sp³-hybridized carbons (Fsp3) is 0.261. The summed E-state index contributed by atoms with van der Waals surface area (Å²) in [4.78, 5) is 36.4. The van der Waals surface area contributed by atoms with E-state index in [1.807, 2.05) is 30.3 Å². The number of rotatable bonds is 8. The summed E-state index contributed by atoms with van der Waals surface area (Å²) in [5.41, 5.74) is 1.67. The number of carbonyl (C=O) groups excluding carboxylic acids is 3. The molecular formula is C23H24N2O6. The van der Waals surface area contributed by atoms with E-state index in [0.29, 0.717) is 12.2 Å². The summed E-state index contributed by atoms with van der Waals surface area (Å²) < 4.78 is 16.0. The van der Waals surface area contributed by atoms with E-state index in [1.165, 1.54) is 0 Å². The quantitative estimate of drug-likeness (QED) is 0.632. The second kappa shape index (κ2) is 10.3. The van der Waals surface area contributed by atoms with Gasteiger partial charge in [-0.2, -0.15) is 0 Å². The molecule has 0 bridgehead atoms. The van der Waals surface area contributed by atoms with Gasteiger partial charge < -0.3 is 24.8 Å². The van der Waals surface area contributed by atoms with E-state index < -0.39 is 24.0 Å². The second-order valence-corrected chi connectivity index (χ2v) is 6.81. The van der Waals surface area contributed by atoms with Crippen molar-refractivity contribution in [2.24, 2.45) is 0 Å². The van der Waals surface area contributed by atoms with Crippen molar-refractivity contribution in [2.45, 2.75) is 26.5 Å². The first kappa shape index (κ1) is 21.9. The molecule has 1 aliphatic rings. The van der Waals surface area contributed by atoms with Crippen molar-refractivity contribution in [3.05, 3.63) is 77.0 Å². The molecule has 0 saturated carbocycles. The van der Waals surface area contributed by atoms with Crippen molar-refractivity contribution in [2.75, 3.05) is 13.2 Å². The number of carbonyl (C=O) groups is 3. The van der Waals surface area contributed by atoms with Crippen LogP contribution in [0.5, 0.6) is 5.75 Å². The Balaban J connectivity index is 1.61. The molecule has 31 heavy (non-hydrogen) atoms. The molecular weight excluding hydrogens is 400 g/mol. The Kier molecular flexibility index (Phi) is 7.26. The van der Waals surface area contributed by atoms with Crippen molar-refractivity contribution >= 4 is 18.0 Å². The van der Waals surface area contributed by atoms with E-state index >= 15 is 0 Å². The Morgan fingerprint density at radius 3 is 2.32 bits per heavy atom. The molecule has 1 atom stereocenters. The van der Waals surface area contributed by atoms with Crippen LogP contribution in [0.4, 0.5) is 4.79 Å². The molecule has 0 spiro atoms. The normalized spacial score (nSPS) is 15.5. The summed E-state index contributed by atoms with van der Waals surface area (Å²) in [7, 11) is 0. The molecule has 0 aliphatic carbocycles. The van der Waals surface area contributed by atoms with Crippen LogP contribution in [0.25, 0.3) is 0 Å². The molecule has 1 aliphatic heterocycles. The lowest BCUT2D eigenvalue weighted by Gasteiger charge is -2.26. The van der Waals surface area contributed by atoms with Crippen molar-refractivity contribution < 1.29 is 28.6 Å². The van der Waals surface area contributed by atoms with Crippen molar-refractivity contribution in [3.8, 4) is 5.75 Å². The Labute approximate surface area is 180 Å². The minimum Gasteiger partial charge on any atom is -0.489 e. The summed E-state index contributed by atoms with van der Waals surface area (Å²) >= 11 is 0. The van der Waals surface area contributed by atoms with Crippen LogP contribution in [0.15, 0.2) is 65.9 Å². The number of esters is 2. The molecule has 3 rings (SSSR count). The van der Waals surface area contributed by atoms with Gasteiger partial charge in [0.05, 0.1) is 29.5 Å². The fourth-order valence-corrected chi connectivity index (χ4v) is 3.03. The van der Waals surface area contributed by atoms with E-state index in [1.54, 1.807) is 38.1 Å². The maximum absolute atomic E-state index is 12.4. The first-order valence-electron chi connectivity index (χ1n) is 9.89. The van der Waals surface area contributed by atoms with Gasteiger partial charge in [-0.1, -0.05) is 30.3 Å². The van der Waals surface area contributed by atoms with E-state index in [-0.39, 0.29) is 24.5 Å². The molecule has 0 saturated heterocycles. The van der Waals surface area contributed by atoms with Crippen LogP contribution in [0.3, 0.4) is 0 Å². The molecule has 2 amide bonds. The van der Waals surface area contributed by atoms with Crippen LogP contribution >= 0.6 is 0 Å². The zero-order chi connectivity index (χ0) is 22.2. The summed E-state index contributed by atoms with van der Waals surface area (Å²) in [6, 6.07) is 15.2. The van der Waals surface area contributed by atoms with Gasteiger partial charge in [0.1, 0.15) is 19.0 Å². The number of benzene rings is 2. The zero-order valence-corrected chi connectivity index (χ0v) is 17.3. The van der Waals surface area contributed by atoms with Gasteiger partial charge in [-0.15, -0.1) is 0 Å². The van der Waals surface area contributed by atoms with Crippen molar-refractivity contribution in [1.82, 2.24) is 10.6 Å². The number of nitrogens with one attached hydrogen (secondary N) is 2. The number of amides is 2. The minimum atomic E-state index is -0.577. The summed E-state index contributed by atoms with van der Waals surface area (Å²) in [6.07, 6.45) is 0. The third-order valence-electron chi connectivity index (χ3n) is 4.55. The van der Waals surface area contributed by atoms with Crippen LogP contribution in [0.1, 0.15) is 29.8 Å². The lowest BCUT2D eigenvalue weighted by Crippen LogP contribution is -2.50. The van der Waals surface area contributed by atoms with Crippen LogP contribution in [-0.4, -0.2) is 37.2 Å². The van der Waals surface area contributed by atoms with E-state index in [0.717, 1.165) is 11.3 Å². The molecule has 2 aromatic rings. The predicted octanol–water partition coefficient (Wildman–Crippen LogP) is 2.94. The lowest BCUT2D eigenvalue weighted by molar-refractivity contribution is -0.139. The topological polar surface area (TPSA) is 103 Å². The van der Waals surface area contributed by atoms with E-state index in [4.69, 9.17) is 14.2 Å². The van der Waals surface area contributed by atoms with E-state index in [2.05, 4.69) is 10.6 Å². The Morgan fingerprint density at radius 1 is 0.935 bits per heavy atom. The van der Waals surface area contributed by atoms with Gasteiger partial charge in [-0.3, -0.25) is 0 Å². The number of ether oxygens (including phenoxy) is 3.